The number of benzene rings is 3. The molecule has 0 fully saturated rings. The molecule has 1 amide bonds. The van der Waals surface area contributed by atoms with Crippen LogP contribution in [0.25, 0.3) is 38.4 Å². The van der Waals surface area contributed by atoms with Crippen LogP contribution in [0.4, 0.5) is 17.1 Å². The Bertz CT molecular complexity index is 1960. The van der Waals surface area contributed by atoms with Crippen LogP contribution in [-0.2, 0) is 4.79 Å². The molecule has 0 spiro atoms. The Kier molecular flexibility index (Phi) is 5.65. The van der Waals surface area contributed by atoms with Gasteiger partial charge in [0.1, 0.15) is 0 Å². The van der Waals surface area contributed by atoms with E-state index in [1.54, 1.807) is 29.1 Å². The number of aryl methyl sites for hydroxylation is 1. The lowest BCUT2D eigenvalue weighted by Gasteiger charge is -2.16. The van der Waals surface area contributed by atoms with Crippen molar-refractivity contribution in [2.24, 2.45) is 0 Å². The van der Waals surface area contributed by atoms with Crippen LogP contribution in [0.3, 0.4) is 0 Å². The van der Waals surface area contributed by atoms with Crippen LogP contribution < -0.4 is 16.2 Å². The number of aromatic nitrogens is 3. The number of anilines is 3. The van der Waals surface area contributed by atoms with Crippen LogP contribution >= 0.6 is 0 Å². The fraction of sp³-hybridized carbons (Fsp3) is 0.0323. The molecule has 0 saturated heterocycles. The maximum absolute atomic E-state index is 13.3. The van der Waals surface area contributed by atoms with Gasteiger partial charge in [0.05, 0.1) is 22.2 Å². The molecule has 3 aromatic heterocycles. The van der Waals surface area contributed by atoms with Gasteiger partial charge in [-0.05, 0) is 73.2 Å². The topological polar surface area (TPSA) is 88.9 Å². The second-order valence-electron chi connectivity index (χ2n) is 9.03. The highest BCUT2D eigenvalue weighted by Gasteiger charge is 2.13. The zero-order valence-corrected chi connectivity index (χ0v) is 20.6. The Morgan fingerprint density at radius 3 is 2.58 bits per heavy atom. The molecule has 2 N–H and O–H groups in total. The number of nitrogens with zero attached hydrogens (tertiary/aromatic N) is 3. The summed E-state index contributed by atoms with van der Waals surface area (Å²) in [7, 11) is 0. The first-order chi connectivity index (χ1) is 18.5. The van der Waals surface area contributed by atoms with Crippen molar-refractivity contribution in [3.8, 4) is 5.69 Å². The third-order valence-corrected chi connectivity index (χ3v) is 6.53. The van der Waals surface area contributed by atoms with Gasteiger partial charge in [-0.25, -0.2) is 0 Å². The number of nitrogens with one attached hydrogen (secondary N) is 2. The normalized spacial score (nSPS) is 11.1. The minimum Gasteiger partial charge on any atom is -0.355 e. The van der Waals surface area contributed by atoms with Gasteiger partial charge in [0.2, 0.25) is 5.91 Å². The van der Waals surface area contributed by atoms with Crippen molar-refractivity contribution in [3.63, 3.8) is 0 Å². The van der Waals surface area contributed by atoms with Gasteiger partial charge in [-0.2, -0.15) is 0 Å². The van der Waals surface area contributed by atoms with Gasteiger partial charge in [-0.3, -0.25) is 24.1 Å². The minimum atomic E-state index is -0.315. The number of carbonyl (C=O) groups excluding carboxylic acids is 1. The van der Waals surface area contributed by atoms with E-state index in [4.69, 9.17) is 0 Å². The standard InChI is InChI=1S/C31H23N5O2/c1-3-29(37)35-27-17-24(11-6-19(27)2)36-30(38)13-8-21-18-33-26-12-10-22(15-25(26)31(21)36)34-23-9-7-20-5-4-14-32-28(20)16-23/h3-18,34H,1H2,2H3,(H,35,37). The van der Waals surface area contributed by atoms with Gasteiger partial charge >= 0.3 is 0 Å². The van der Waals surface area contributed by atoms with E-state index in [0.29, 0.717) is 11.4 Å². The largest absolute Gasteiger partial charge is 0.355 e. The zero-order chi connectivity index (χ0) is 26.2. The van der Waals surface area contributed by atoms with Crippen LogP contribution in [0, 0.1) is 6.92 Å². The van der Waals surface area contributed by atoms with Crippen molar-refractivity contribution in [3.05, 3.63) is 120 Å². The van der Waals surface area contributed by atoms with Gasteiger partial charge < -0.3 is 10.6 Å². The van der Waals surface area contributed by atoms with Crippen molar-refractivity contribution in [1.29, 1.82) is 0 Å². The molecule has 0 aliphatic carbocycles. The molecule has 3 heterocycles. The molecular weight excluding hydrogens is 474 g/mol. The number of carbonyl (C=O) groups is 1. The summed E-state index contributed by atoms with van der Waals surface area (Å²) >= 11 is 0. The summed E-state index contributed by atoms with van der Waals surface area (Å²) in [5, 5.41) is 8.99. The summed E-state index contributed by atoms with van der Waals surface area (Å²) in [6, 6.07) is 24.7. The fourth-order valence-corrected chi connectivity index (χ4v) is 4.62. The number of pyridine rings is 3. The van der Waals surface area contributed by atoms with E-state index in [2.05, 4.69) is 27.2 Å². The molecule has 0 radical (unpaired) electrons. The summed E-state index contributed by atoms with van der Waals surface area (Å²) < 4.78 is 1.66. The molecule has 0 atom stereocenters. The molecule has 0 aliphatic rings. The van der Waals surface area contributed by atoms with Gasteiger partial charge in [0, 0.05) is 51.7 Å². The van der Waals surface area contributed by atoms with Crippen LogP contribution in [0.15, 0.2) is 109 Å². The lowest BCUT2D eigenvalue weighted by Crippen LogP contribution is -2.18. The highest BCUT2D eigenvalue weighted by atomic mass is 16.1. The summed E-state index contributed by atoms with van der Waals surface area (Å²) in [6.07, 6.45) is 4.76. The SMILES string of the molecule is C=CC(=O)Nc1cc(-n2c(=O)ccc3cnc4ccc(Nc5ccc6cccnc6c5)cc4c32)ccc1C. The van der Waals surface area contributed by atoms with Gasteiger partial charge in [0.15, 0.2) is 0 Å². The molecule has 3 aromatic carbocycles. The molecule has 0 unspecified atom stereocenters. The predicted octanol–water partition coefficient (Wildman–Crippen LogP) is 6.26. The molecule has 6 rings (SSSR count). The number of hydrogen-bond acceptors (Lipinski definition) is 5. The molecule has 6 aromatic rings. The smallest absolute Gasteiger partial charge is 0.255 e. The first-order valence-corrected chi connectivity index (χ1v) is 12.1. The summed E-state index contributed by atoms with van der Waals surface area (Å²) in [5.74, 6) is -0.315. The van der Waals surface area contributed by atoms with E-state index in [0.717, 1.165) is 49.6 Å². The second-order valence-corrected chi connectivity index (χ2v) is 9.03. The minimum absolute atomic E-state index is 0.186. The maximum Gasteiger partial charge on any atom is 0.255 e. The Hall–Kier alpha value is -5.30. The van der Waals surface area contributed by atoms with Crippen molar-refractivity contribution in [2.45, 2.75) is 6.92 Å². The van der Waals surface area contributed by atoms with Crippen LogP contribution in [0.2, 0.25) is 0 Å². The van der Waals surface area contributed by atoms with E-state index >= 15 is 0 Å². The number of amides is 1. The van der Waals surface area contributed by atoms with Gasteiger partial charge in [0.25, 0.3) is 5.56 Å². The van der Waals surface area contributed by atoms with E-state index in [-0.39, 0.29) is 11.5 Å². The van der Waals surface area contributed by atoms with Gasteiger partial charge in [-0.1, -0.05) is 24.8 Å². The van der Waals surface area contributed by atoms with Crippen molar-refractivity contribution < 1.29 is 4.79 Å². The summed E-state index contributed by atoms with van der Waals surface area (Å²) in [4.78, 5) is 34.3. The number of hydrogen-bond donors (Lipinski definition) is 2. The monoisotopic (exact) mass is 497 g/mol. The fourth-order valence-electron chi connectivity index (χ4n) is 4.62. The highest BCUT2D eigenvalue weighted by molar-refractivity contribution is 6.05. The van der Waals surface area contributed by atoms with E-state index in [9.17, 15) is 9.59 Å². The zero-order valence-electron chi connectivity index (χ0n) is 20.6. The third-order valence-electron chi connectivity index (χ3n) is 6.53. The predicted molar refractivity (Wildman–Crippen MR) is 153 cm³/mol. The number of rotatable bonds is 5. The van der Waals surface area contributed by atoms with Crippen LogP contribution in [0.5, 0.6) is 0 Å². The van der Waals surface area contributed by atoms with Crippen molar-refractivity contribution in [2.75, 3.05) is 10.6 Å². The molecular formula is C31H23N5O2. The molecule has 7 heteroatoms. The first kappa shape index (κ1) is 23.1. The van der Waals surface area contributed by atoms with Crippen LogP contribution in [0.1, 0.15) is 5.56 Å². The average Bonchev–Trinajstić information content (AvgIpc) is 2.94. The number of fused-ring (bicyclic) bond motifs is 4. The maximum atomic E-state index is 13.3. The first-order valence-electron chi connectivity index (χ1n) is 12.1. The lowest BCUT2D eigenvalue weighted by molar-refractivity contribution is -0.111. The van der Waals surface area contributed by atoms with E-state index < -0.39 is 0 Å². The molecule has 0 saturated carbocycles. The highest BCUT2D eigenvalue weighted by Crippen LogP contribution is 2.30. The van der Waals surface area contributed by atoms with Crippen LogP contribution in [-0.4, -0.2) is 20.4 Å². The van der Waals surface area contributed by atoms with E-state index in [1.165, 1.54) is 12.1 Å². The third kappa shape index (κ3) is 4.16. The Morgan fingerprint density at radius 2 is 1.71 bits per heavy atom. The molecule has 184 valence electrons. The van der Waals surface area contributed by atoms with Crippen molar-refractivity contribution >= 4 is 55.7 Å². The Morgan fingerprint density at radius 1 is 0.895 bits per heavy atom. The second kappa shape index (κ2) is 9.29. The van der Waals surface area contributed by atoms with Gasteiger partial charge in [-0.15, -0.1) is 0 Å². The molecule has 38 heavy (non-hydrogen) atoms. The van der Waals surface area contributed by atoms with Crippen molar-refractivity contribution in [1.82, 2.24) is 14.5 Å². The van der Waals surface area contributed by atoms with E-state index in [1.807, 2.05) is 67.6 Å². The molecule has 0 aliphatic heterocycles. The quantitative estimate of drug-likeness (QED) is 0.217. The lowest BCUT2D eigenvalue weighted by atomic mass is 10.1. The Labute approximate surface area is 218 Å². The summed E-state index contributed by atoms with van der Waals surface area (Å²) in [6.45, 7) is 5.42. The summed E-state index contributed by atoms with van der Waals surface area (Å²) in [5.41, 5.74) is 6.09. The Balaban J connectivity index is 1.52. The average molecular weight is 498 g/mol. The molecule has 0 bridgehead atoms. The molecule has 7 nitrogen and oxygen atoms in total.